The third-order valence-corrected chi connectivity index (χ3v) is 7.81. The number of pyridine rings is 1. The number of anilines is 1. The zero-order valence-electron chi connectivity index (χ0n) is 19.8. The minimum atomic E-state index is -0.171. The first-order chi connectivity index (χ1) is 17.6. The summed E-state index contributed by atoms with van der Waals surface area (Å²) < 4.78 is 0. The van der Waals surface area contributed by atoms with Crippen molar-refractivity contribution in [2.45, 2.75) is 18.9 Å². The molecule has 7 nitrogen and oxygen atoms in total. The van der Waals surface area contributed by atoms with E-state index in [-0.39, 0.29) is 17.4 Å². The highest BCUT2D eigenvalue weighted by Crippen LogP contribution is 2.37. The number of aromatic nitrogens is 3. The molecule has 3 aromatic carbocycles. The third kappa shape index (κ3) is 3.55. The molecule has 0 amide bonds. The Morgan fingerprint density at radius 1 is 0.917 bits per heavy atom. The van der Waals surface area contributed by atoms with Crippen LogP contribution >= 0.6 is 0 Å². The van der Waals surface area contributed by atoms with Crippen LogP contribution in [-0.4, -0.2) is 50.6 Å². The van der Waals surface area contributed by atoms with Crippen LogP contribution in [0.5, 0.6) is 5.75 Å². The number of imidazole rings is 1. The molecule has 0 radical (unpaired) electrons. The van der Waals surface area contributed by atoms with Crippen molar-refractivity contribution < 1.29 is 5.11 Å². The van der Waals surface area contributed by atoms with Crippen molar-refractivity contribution in [1.82, 2.24) is 19.9 Å². The first-order valence-electron chi connectivity index (χ1n) is 12.6. The summed E-state index contributed by atoms with van der Waals surface area (Å²) in [5.74, 6) is 1.37. The molecule has 3 aliphatic heterocycles. The number of nitrogens with one attached hydrogen (secondary N) is 3. The molecule has 1 atom stereocenters. The first-order valence-corrected chi connectivity index (χ1v) is 12.6. The van der Waals surface area contributed by atoms with Gasteiger partial charge in [-0.2, -0.15) is 0 Å². The molecule has 36 heavy (non-hydrogen) atoms. The summed E-state index contributed by atoms with van der Waals surface area (Å²) in [5, 5.41) is 14.8. The van der Waals surface area contributed by atoms with Gasteiger partial charge in [-0.15, -0.1) is 0 Å². The monoisotopic (exact) mass is 477 g/mol. The summed E-state index contributed by atoms with van der Waals surface area (Å²) in [6, 6.07) is 21.4. The van der Waals surface area contributed by atoms with Gasteiger partial charge in [-0.3, -0.25) is 4.79 Å². The van der Waals surface area contributed by atoms with Crippen molar-refractivity contribution in [3.63, 3.8) is 0 Å². The molecule has 5 heterocycles. The lowest BCUT2D eigenvalue weighted by Gasteiger charge is -2.45. The van der Waals surface area contributed by atoms with Crippen LogP contribution < -0.4 is 10.9 Å². The SMILES string of the molecule is O=c1[nH]c2ccc(-c3cccc(O)c3)cc2c(N[C@@H]2CN3CCC2CC3)c1-c1nc2ccccc2[nH]1. The number of aromatic amines is 2. The van der Waals surface area contributed by atoms with E-state index >= 15 is 0 Å². The van der Waals surface area contributed by atoms with Gasteiger partial charge in [0.2, 0.25) is 0 Å². The van der Waals surface area contributed by atoms with Gasteiger partial charge < -0.3 is 25.3 Å². The first kappa shape index (κ1) is 21.2. The molecular formula is C29H27N5O2. The second-order valence-corrected chi connectivity index (χ2v) is 10.0. The summed E-state index contributed by atoms with van der Waals surface area (Å²) in [4.78, 5) is 27.3. The molecule has 0 spiro atoms. The normalized spacial score (nSPS) is 21.3. The van der Waals surface area contributed by atoms with E-state index in [0.29, 0.717) is 17.3 Å². The highest BCUT2D eigenvalue weighted by Gasteiger charge is 2.35. The van der Waals surface area contributed by atoms with Gasteiger partial charge in [0.25, 0.3) is 5.56 Å². The summed E-state index contributed by atoms with van der Waals surface area (Å²) in [5.41, 5.74) is 5.56. The van der Waals surface area contributed by atoms with Gasteiger partial charge in [-0.05, 0) is 79.4 Å². The van der Waals surface area contributed by atoms with Crippen LogP contribution in [0.1, 0.15) is 12.8 Å². The fraction of sp³-hybridized carbons (Fsp3) is 0.241. The number of hydrogen-bond acceptors (Lipinski definition) is 5. The number of piperidine rings is 3. The highest BCUT2D eigenvalue weighted by molar-refractivity contribution is 6.01. The van der Waals surface area contributed by atoms with Gasteiger partial charge >= 0.3 is 0 Å². The maximum Gasteiger partial charge on any atom is 0.261 e. The van der Waals surface area contributed by atoms with Gasteiger partial charge in [0.15, 0.2) is 0 Å². The molecule has 8 rings (SSSR count). The second-order valence-electron chi connectivity index (χ2n) is 10.0. The molecule has 4 N–H and O–H groups in total. The summed E-state index contributed by atoms with van der Waals surface area (Å²) in [6.07, 6.45) is 2.35. The van der Waals surface area contributed by atoms with Crippen molar-refractivity contribution in [3.8, 4) is 28.3 Å². The second kappa shape index (κ2) is 8.24. The molecule has 7 heteroatoms. The summed E-state index contributed by atoms with van der Waals surface area (Å²) in [6.45, 7) is 3.28. The van der Waals surface area contributed by atoms with Crippen molar-refractivity contribution in [1.29, 1.82) is 0 Å². The molecule has 3 aliphatic rings. The fourth-order valence-electron chi connectivity index (χ4n) is 5.92. The summed E-state index contributed by atoms with van der Waals surface area (Å²) >= 11 is 0. The number of fused-ring (bicyclic) bond motifs is 5. The number of phenols is 1. The molecule has 2 bridgehead atoms. The van der Waals surface area contributed by atoms with Crippen LogP contribution in [0, 0.1) is 5.92 Å². The van der Waals surface area contributed by atoms with Crippen LogP contribution in [0.15, 0.2) is 71.5 Å². The summed E-state index contributed by atoms with van der Waals surface area (Å²) in [7, 11) is 0. The number of hydrogen-bond donors (Lipinski definition) is 4. The predicted molar refractivity (Wildman–Crippen MR) is 143 cm³/mol. The van der Waals surface area contributed by atoms with E-state index in [1.807, 2.05) is 48.5 Å². The number of rotatable bonds is 4. The maximum absolute atomic E-state index is 13.5. The zero-order chi connectivity index (χ0) is 24.2. The Morgan fingerprint density at radius 2 is 1.75 bits per heavy atom. The van der Waals surface area contributed by atoms with Gasteiger partial charge in [0, 0.05) is 18.0 Å². The molecular weight excluding hydrogens is 450 g/mol. The van der Waals surface area contributed by atoms with Crippen molar-refractivity contribution >= 4 is 27.6 Å². The van der Waals surface area contributed by atoms with E-state index in [9.17, 15) is 9.90 Å². The Kier molecular flexibility index (Phi) is 4.85. The van der Waals surface area contributed by atoms with Crippen LogP contribution in [-0.2, 0) is 0 Å². The predicted octanol–water partition coefficient (Wildman–Crippen LogP) is 4.95. The topological polar surface area (TPSA) is 97.0 Å². The standard InChI is InChI=1S/C29H27N5O2/c35-20-5-3-4-18(14-20)19-8-9-22-21(15-19)27(30-25-16-34-12-10-17(25)11-13-34)26(29(36)33-22)28-31-23-6-1-2-7-24(23)32-28/h1-9,14-15,17,25,35H,10-13,16H2,(H,31,32)(H2,30,33,36)/t25-/m1/s1. The van der Waals surface area contributed by atoms with E-state index in [2.05, 4.69) is 26.3 Å². The minimum Gasteiger partial charge on any atom is -0.508 e. The third-order valence-electron chi connectivity index (χ3n) is 7.81. The van der Waals surface area contributed by atoms with Crippen molar-refractivity contribution in [3.05, 3.63) is 77.1 Å². The maximum atomic E-state index is 13.5. The Balaban J connectivity index is 1.45. The van der Waals surface area contributed by atoms with Gasteiger partial charge in [0.1, 0.15) is 17.1 Å². The van der Waals surface area contributed by atoms with Crippen LogP contribution in [0.3, 0.4) is 0 Å². The van der Waals surface area contributed by atoms with E-state index in [4.69, 9.17) is 4.98 Å². The van der Waals surface area contributed by atoms with E-state index < -0.39 is 0 Å². The van der Waals surface area contributed by atoms with Gasteiger partial charge in [-0.25, -0.2) is 4.98 Å². The number of nitrogens with zero attached hydrogens (tertiary/aromatic N) is 2. The molecule has 3 fully saturated rings. The van der Waals surface area contributed by atoms with Crippen LogP contribution in [0.25, 0.3) is 44.5 Å². The average Bonchev–Trinajstić information content (AvgIpc) is 3.33. The Labute approximate surface area is 207 Å². The zero-order valence-corrected chi connectivity index (χ0v) is 19.8. The largest absolute Gasteiger partial charge is 0.508 e. The number of benzene rings is 3. The highest BCUT2D eigenvalue weighted by atomic mass is 16.3. The Hall–Kier alpha value is -4.10. The smallest absolute Gasteiger partial charge is 0.261 e. The molecule has 3 saturated heterocycles. The molecule has 5 aromatic rings. The molecule has 2 aromatic heterocycles. The Morgan fingerprint density at radius 3 is 2.53 bits per heavy atom. The average molecular weight is 478 g/mol. The van der Waals surface area contributed by atoms with E-state index in [0.717, 1.165) is 58.4 Å². The molecule has 0 aliphatic carbocycles. The van der Waals surface area contributed by atoms with Crippen LogP contribution in [0.2, 0.25) is 0 Å². The quantitative estimate of drug-likeness (QED) is 0.294. The lowest BCUT2D eigenvalue weighted by molar-refractivity contribution is 0.0976. The van der Waals surface area contributed by atoms with Gasteiger partial charge in [-0.1, -0.05) is 30.3 Å². The van der Waals surface area contributed by atoms with Gasteiger partial charge in [0.05, 0.1) is 22.2 Å². The van der Waals surface area contributed by atoms with Crippen molar-refractivity contribution in [2.75, 3.05) is 25.0 Å². The lowest BCUT2D eigenvalue weighted by atomic mass is 9.83. The fourth-order valence-corrected chi connectivity index (χ4v) is 5.92. The van der Waals surface area contributed by atoms with Crippen LogP contribution in [0.4, 0.5) is 5.69 Å². The molecule has 0 unspecified atom stereocenters. The number of phenolic OH excluding ortho intramolecular Hbond substituents is 1. The number of H-pyrrole nitrogens is 2. The number of aromatic hydroxyl groups is 1. The molecule has 0 saturated carbocycles. The van der Waals surface area contributed by atoms with E-state index in [1.54, 1.807) is 12.1 Å². The lowest BCUT2D eigenvalue weighted by Crippen LogP contribution is -2.53. The Bertz CT molecular complexity index is 1630. The van der Waals surface area contributed by atoms with E-state index in [1.165, 1.54) is 12.8 Å². The molecule has 180 valence electrons. The minimum absolute atomic E-state index is 0.171. The number of para-hydroxylation sites is 2. The van der Waals surface area contributed by atoms with Crippen molar-refractivity contribution in [2.24, 2.45) is 5.92 Å².